The lowest BCUT2D eigenvalue weighted by atomic mass is 10.2. The van der Waals surface area contributed by atoms with E-state index in [0.29, 0.717) is 19.0 Å². The van der Waals surface area contributed by atoms with Crippen LogP contribution in [0.4, 0.5) is 13.2 Å². The maximum Gasteiger partial charge on any atom is 0.416 e. The van der Waals surface area contributed by atoms with Gasteiger partial charge in [0.1, 0.15) is 23.5 Å². The van der Waals surface area contributed by atoms with E-state index in [9.17, 15) is 13.2 Å². The van der Waals surface area contributed by atoms with E-state index in [1.54, 1.807) is 25.5 Å². The zero-order valence-electron chi connectivity index (χ0n) is 16.8. The zero-order valence-corrected chi connectivity index (χ0v) is 17.6. The molecule has 0 saturated carbocycles. The van der Waals surface area contributed by atoms with Crippen molar-refractivity contribution >= 4 is 17.3 Å². The first-order valence-corrected chi connectivity index (χ1v) is 9.81. The molecule has 0 spiro atoms. The monoisotopic (exact) mass is 430 g/mol. The van der Waals surface area contributed by atoms with Crippen molar-refractivity contribution in [3.8, 4) is 5.75 Å². The number of alkyl halides is 3. The predicted octanol–water partition coefficient (Wildman–Crippen LogP) is 3.96. The average molecular weight is 430 g/mol. The van der Waals surface area contributed by atoms with Crippen LogP contribution < -0.4 is 10.1 Å². The molecule has 160 valence electrons. The second-order valence-corrected chi connectivity index (χ2v) is 7.15. The number of hydrogen-bond acceptors (Lipinski definition) is 5. The second-order valence-electron chi connectivity index (χ2n) is 6.26. The van der Waals surface area contributed by atoms with E-state index in [1.165, 1.54) is 12.1 Å². The minimum atomic E-state index is -4.39. The molecule has 0 saturated heterocycles. The average Bonchev–Trinajstić information content (AvgIpc) is 3.15. The van der Waals surface area contributed by atoms with E-state index >= 15 is 0 Å². The van der Waals surface area contributed by atoms with Gasteiger partial charge in [-0.2, -0.15) is 13.2 Å². The van der Waals surface area contributed by atoms with Crippen molar-refractivity contribution in [3.63, 3.8) is 0 Å². The van der Waals surface area contributed by atoms with Gasteiger partial charge in [0.05, 0.1) is 24.3 Å². The number of halogens is 3. The molecule has 1 atom stereocenters. The van der Waals surface area contributed by atoms with Gasteiger partial charge in [-0.15, -0.1) is 11.3 Å². The van der Waals surface area contributed by atoms with E-state index in [0.717, 1.165) is 22.8 Å². The van der Waals surface area contributed by atoms with Crippen molar-refractivity contribution < 1.29 is 22.6 Å². The number of aliphatic imine (C=N–C) groups is 1. The summed E-state index contributed by atoms with van der Waals surface area (Å²) < 4.78 is 48.9. The lowest BCUT2D eigenvalue weighted by molar-refractivity contribution is -0.137. The fourth-order valence-corrected chi connectivity index (χ4v) is 3.32. The molecule has 0 aliphatic carbocycles. The number of thiazole rings is 1. The van der Waals surface area contributed by atoms with Gasteiger partial charge in [-0.05, 0) is 25.1 Å². The summed E-state index contributed by atoms with van der Waals surface area (Å²) in [6.45, 7) is 3.08. The number of nitrogens with one attached hydrogen (secondary N) is 1. The summed E-state index contributed by atoms with van der Waals surface area (Å²) in [6, 6.07) is 4.82. The quantitative estimate of drug-likeness (QED) is 0.390. The molecule has 1 unspecified atom stereocenters. The first kappa shape index (κ1) is 23.0. The summed E-state index contributed by atoms with van der Waals surface area (Å²) in [5.74, 6) is 0.805. The van der Waals surface area contributed by atoms with Crippen LogP contribution in [-0.4, -0.2) is 50.2 Å². The van der Waals surface area contributed by atoms with Crippen molar-refractivity contribution in [1.82, 2.24) is 15.2 Å². The minimum Gasteiger partial charge on any atom is -0.492 e. The van der Waals surface area contributed by atoms with Gasteiger partial charge >= 0.3 is 6.18 Å². The van der Waals surface area contributed by atoms with Gasteiger partial charge in [0, 0.05) is 26.6 Å². The van der Waals surface area contributed by atoms with Crippen molar-refractivity contribution in [2.24, 2.45) is 4.99 Å². The Morgan fingerprint density at radius 1 is 1.38 bits per heavy atom. The molecule has 6 nitrogen and oxygen atoms in total. The summed E-state index contributed by atoms with van der Waals surface area (Å²) in [4.78, 5) is 10.7. The number of guanidine groups is 1. The minimum absolute atomic E-state index is 0.0514. The number of hydrogen-bond donors (Lipinski definition) is 1. The maximum absolute atomic E-state index is 12.7. The Kier molecular flexibility index (Phi) is 8.27. The molecule has 0 aliphatic heterocycles. The molecule has 0 radical (unpaired) electrons. The Bertz CT molecular complexity index is 811. The van der Waals surface area contributed by atoms with E-state index in [4.69, 9.17) is 9.47 Å². The summed E-state index contributed by atoms with van der Waals surface area (Å²) in [5, 5.41) is 6.01. The SMILES string of the molecule is CN=C(NCCOc1cccc(C(F)(F)F)c1)N(C)Cc1csc(C(C)OC)n1. The smallest absolute Gasteiger partial charge is 0.416 e. The molecule has 1 heterocycles. The Hall–Kier alpha value is -2.33. The molecular formula is C19H25F3N4O2S. The van der Waals surface area contributed by atoms with E-state index in [-0.39, 0.29) is 18.5 Å². The molecule has 29 heavy (non-hydrogen) atoms. The van der Waals surface area contributed by atoms with Crippen molar-refractivity contribution in [2.75, 3.05) is 34.4 Å². The third kappa shape index (κ3) is 6.90. The Labute approximate surface area is 172 Å². The number of nitrogens with zero attached hydrogens (tertiary/aromatic N) is 3. The van der Waals surface area contributed by atoms with Gasteiger partial charge in [-0.3, -0.25) is 4.99 Å². The summed E-state index contributed by atoms with van der Waals surface area (Å²) >= 11 is 1.54. The highest BCUT2D eigenvalue weighted by atomic mass is 32.1. The van der Waals surface area contributed by atoms with E-state index < -0.39 is 11.7 Å². The molecule has 1 aromatic heterocycles. The number of benzene rings is 1. The van der Waals surface area contributed by atoms with Crippen LogP contribution in [-0.2, 0) is 17.5 Å². The van der Waals surface area contributed by atoms with Crippen LogP contribution in [0.1, 0.15) is 29.3 Å². The van der Waals surface area contributed by atoms with E-state index in [2.05, 4.69) is 15.3 Å². The van der Waals surface area contributed by atoms with Gasteiger partial charge in [0.2, 0.25) is 0 Å². The number of ether oxygens (including phenoxy) is 2. The van der Waals surface area contributed by atoms with Gasteiger partial charge in [0.25, 0.3) is 0 Å². The topological polar surface area (TPSA) is 59.0 Å². The number of rotatable bonds is 8. The first-order chi connectivity index (χ1) is 13.7. The second kappa shape index (κ2) is 10.4. The van der Waals surface area contributed by atoms with Crippen molar-refractivity contribution in [1.29, 1.82) is 0 Å². The molecule has 1 N–H and O–H groups in total. The predicted molar refractivity (Wildman–Crippen MR) is 107 cm³/mol. The lowest BCUT2D eigenvalue weighted by Gasteiger charge is -2.21. The Balaban J connectivity index is 1.82. The summed E-state index contributed by atoms with van der Waals surface area (Å²) in [5.41, 5.74) is 0.170. The molecule has 1 aromatic carbocycles. The number of aromatic nitrogens is 1. The molecule has 0 amide bonds. The third-order valence-electron chi connectivity index (χ3n) is 4.06. The van der Waals surface area contributed by atoms with Crippen molar-refractivity contribution in [3.05, 3.63) is 45.9 Å². The zero-order chi connectivity index (χ0) is 21.4. The molecule has 0 fully saturated rings. The molecule has 0 bridgehead atoms. The fourth-order valence-electron chi connectivity index (χ4n) is 2.48. The van der Waals surface area contributed by atoms with Crippen LogP contribution in [0, 0.1) is 0 Å². The normalized spacial score (nSPS) is 13.3. The van der Waals surface area contributed by atoms with Crippen LogP contribution in [0.2, 0.25) is 0 Å². The van der Waals surface area contributed by atoms with Gasteiger partial charge in [-0.25, -0.2) is 4.98 Å². The standard InChI is InChI=1S/C19H25F3N4O2S/c1-13(27-4)17-25-15(12-29-17)11-26(3)18(23-2)24-8-9-28-16-7-5-6-14(10-16)19(20,21)22/h5-7,10,12-13H,8-9,11H2,1-4H3,(H,23,24). The van der Waals surface area contributed by atoms with Crippen molar-refractivity contribution in [2.45, 2.75) is 25.7 Å². The molecule has 0 aliphatic rings. The van der Waals surface area contributed by atoms with Crippen LogP contribution in [0.15, 0.2) is 34.6 Å². The van der Waals surface area contributed by atoms with Crippen LogP contribution in [0.25, 0.3) is 0 Å². The highest BCUT2D eigenvalue weighted by Gasteiger charge is 2.30. The third-order valence-corrected chi connectivity index (χ3v) is 5.11. The lowest BCUT2D eigenvalue weighted by Crippen LogP contribution is -2.40. The number of methoxy groups -OCH3 is 1. The summed E-state index contributed by atoms with van der Waals surface area (Å²) in [7, 11) is 5.18. The van der Waals surface area contributed by atoms with Crippen LogP contribution in [0.3, 0.4) is 0 Å². The largest absolute Gasteiger partial charge is 0.492 e. The highest BCUT2D eigenvalue weighted by Crippen LogP contribution is 2.31. The van der Waals surface area contributed by atoms with Gasteiger partial charge in [-0.1, -0.05) is 6.07 Å². The van der Waals surface area contributed by atoms with Gasteiger partial charge < -0.3 is 19.7 Å². The molecule has 10 heteroatoms. The Morgan fingerprint density at radius 2 is 2.14 bits per heavy atom. The molecule has 2 aromatic rings. The highest BCUT2D eigenvalue weighted by molar-refractivity contribution is 7.09. The van der Waals surface area contributed by atoms with Crippen LogP contribution in [0.5, 0.6) is 5.75 Å². The fraction of sp³-hybridized carbons (Fsp3) is 0.474. The first-order valence-electron chi connectivity index (χ1n) is 8.93. The summed E-state index contributed by atoms with van der Waals surface area (Å²) in [6.07, 6.45) is -4.44. The maximum atomic E-state index is 12.7. The van der Waals surface area contributed by atoms with Crippen LogP contribution >= 0.6 is 11.3 Å². The Morgan fingerprint density at radius 3 is 2.79 bits per heavy atom. The van der Waals surface area contributed by atoms with Gasteiger partial charge in [0.15, 0.2) is 5.96 Å². The molecule has 2 rings (SSSR count). The molecular weight excluding hydrogens is 405 g/mol. The van der Waals surface area contributed by atoms with E-state index in [1.807, 2.05) is 24.3 Å².